The number of hydrogen-bond acceptors (Lipinski definition) is 4. The van der Waals surface area contributed by atoms with Crippen molar-refractivity contribution in [3.8, 4) is 22.5 Å². The van der Waals surface area contributed by atoms with E-state index in [0.717, 1.165) is 63.9 Å². The molecular formula is C32H26F2N4O. The molecule has 39 heavy (non-hydrogen) atoms. The van der Waals surface area contributed by atoms with Crippen LogP contribution in [0.4, 0.5) is 8.78 Å². The molecule has 0 spiro atoms. The maximum atomic E-state index is 14.2. The molecule has 5 aromatic rings. The normalized spacial score (nSPS) is 16.9. The Labute approximate surface area is 224 Å². The Balaban J connectivity index is 1.30. The van der Waals surface area contributed by atoms with E-state index < -0.39 is 23.1 Å². The Hall–Kier alpha value is -4.49. The fraction of sp³-hybridized carbons (Fsp3) is 0.156. The summed E-state index contributed by atoms with van der Waals surface area (Å²) in [5.74, 6) is -2.02. The molecule has 1 amide bonds. The number of benzene rings is 4. The number of nitrogens with zero attached hydrogens (tertiary/aromatic N) is 2. The monoisotopic (exact) mass is 520 g/mol. The van der Waals surface area contributed by atoms with Crippen molar-refractivity contribution < 1.29 is 13.6 Å². The van der Waals surface area contributed by atoms with Gasteiger partial charge in [-0.25, -0.2) is 18.7 Å². The standard InChI is InChI=1S/C32H26F2N4O/c33-24-14-15-26(34)25(18-24)31(39)38-32(16-17-35-20-32)19-21-10-12-23(13-11-21)30-29(22-6-2-1-3-7-22)36-27-8-4-5-9-28(27)37-30/h1-15,18,35H,16-17,19-20H2,(H,38,39)/t32-/m0/s1. The molecule has 5 nitrogen and oxygen atoms in total. The molecule has 0 bridgehead atoms. The quantitative estimate of drug-likeness (QED) is 0.291. The van der Waals surface area contributed by atoms with Crippen molar-refractivity contribution in [2.45, 2.75) is 18.4 Å². The summed E-state index contributed by atoms with van der Waals surface area (Å²) in [6.07, 6.45) is 1.21. The van der Waals surface area contributed by atoms with E-state index in [2.05, 4.69) is 10.6 Å². The molecular weight excluding hydrogens is 494 g/mol. The first kappa shape index (κ1) is 24.8. The van der Waals surface area contributed by atoms with Crippen LogP contribution in [-0.2, 0) is 6.42 Å². The molecule has 4 aromatic carbocycles. The lowest BCUT2D eigenvalue weighted by Crippen LogP contribution is -2.52. The van der Waals surface area contributed by atoms with Crippen LogP contribution in [-0.4, -0.2) is 34.5 Å². The molecule has 0 unspecified atom stereocenters. The second-order valence-electron chi connectivity index (χ2n) is 9.93. The first-order valence-corrected chi connectivity index (χ1v) is 12.9. The van der Waals surface area contributed by atoms with Gasteiger partial charge in [0.2, 0.25) is 0 Å². The predicted molar refractivity (Wildman–Crippen MR) is 148 cm³/mol. The highest BCUT2D eigenvalue weighted by atomic mass is 19.1. The molecule has 1 aliphatic rings. The van der Waals surface area contributed by atoms with Gasteiger partial charge in [0.25, 0.3) is 5.91 Å². The van der Waals surface area contributed by atoms with E-state index in [1.807, 2.05) is 78.9 Å². The zero-order chi connectivity index (χ0) is 26.8. The van der Waals surface area contributed by atoms with E-state index in [9.17, 15) is 13.6 Å². The highest BCUT2D eigenvalue weighted by Crippen LogP contribution is 2.32. The molecule has 194 valence electrons. The third kappa shape index (κ3) is 5.13. The third-order valence-electron chi connectivity index (χ3n) is 7.18. The van der Waals surface area contributed by atoms with Gasteiger partial charge in [-0.05, 0) is 55.3 Å². The lowest BCUT2D eigenvalue weighted by Gasteiger charge is -2.30. The molecule has 1 atom stereocenters. The third-order valence-corrected chi connectivity index (χ3v) is 7.18. The smallest absolute Gasteiger partial charge is 0.254 e. The molecule has 0 aliphatic carbocycles. The van der Waals surface area contributed by atoms with Crippen LogP contribution in [0.2, 0.25) is 0 Å². The lowest BCUT2D eigenvalue weighted by atomic mass is 9.88. The number of carbonyl (C=O) groups is 1. The van der Waals surface area contributed by atoms with Gasteiger partial charge in [-0.15, -0.1) is 0 Å². The minimum atomic E-state index is -0.745. The average Bonchev–Trinajstić information content (AvgIpc) is 3.42. The van der Waals surface area contributed by atoms with Gasteiger partial charge in [-0.1, -0.05) is 66.7 Å². The number of para-hydroxylation sites is 2. The minimum absolute atomic E-state index is 0.292. The van der Waals surface area contributed by atoms with E-state index in [-0.39, 0.29) is 5.56 Å². The zero-order valence-corrected chi connectivity index (χ0v) is 21.1. The van der Waals surface area contributed by atoms with Crippen molar-refractivity contribution in [3.63, 3.8) is 0 Å². The number of hydrogen-bond donors (Lipinski definition) is 2. The molecule has 2 heterocycles. The van der Waals surface area contributed by atoms with Crippen molar-refractivity contribution in [2.24, 2.45) is 0 Å². The van der Waals surface area contributed by atoms with E-state index in [1.54, 1.807) is 0 Å². The van der Waals surface area contributed by atoms with Gasteiger partial charge in [0.05, 0.1) is 33.5 Å². The first-order chi connectivity index (χ1) is 19.0. The van der Waals surface area contributed by atoms with Crippen LogP contribution >= 0.6 is 0 Å². The molecule has 7 heteroatoms. The SMILES string of the molecule is O=C(N[C@]1(Cc2ccc(-c3nc4ccccc4nc3-c3ccccc3)cc2)CCNC1)c1cc(F)ccc1F. The molecule has 2 N–H and O–H groups in total. The Morgan fingerprint density at radius 1 is 0.821 bits per heavy atom. The van der Waals surface area contributed by atoms with Gasteiger partial charge in [0, 0.05) is 17.7 Å². The largest absolute Gasteiger partial charge is 0.345 e. The van der Waals surface area contributed by atoms with E-state index in [0.29, 0.717) is 19.4 Å². The number of aromatic nitrogens is 2. The van der Waals surface area contributed by atoms with Crippen LogP contribution in [0.25, 0.3) is 33.5 Å². The summed E-state index contributed by atoms with van der Waals surface area (Å²) in [7, 11) is 0. The van der Waals surface area contributed by atoms with Crippen LogP contribution < -0.4 is 10.6 Å². The van der Waals surface area contributed by atoms with Crippen molar-refractivity contribution in [3.05, 3.63) is 120 Å². The van der Waals surface area contributed by atoms with Gasteiger partial charge in [-0.3, -0.25) is 4.79 Å². The Bertz CT molecular complexity index is 1650. The zero-order valence-electron chi connectivity index (χ0n) is 21.1. The topological polar surface area (TPSA) is 66.9 Å². The van der Waals surface area contributed by atoms with Crippen molar-refractivity contribution in [2.75, 3.05) is 13.1 Å². The number of rotatable bonds is 6. The van der Waals surface area contributed by atoms with Crippen LogP contribution in [0.15, 0.2) is 97.1 Å². The highest BCUT2D eigenvalue weighted by molar-refractivity contribution is 5.95. The van der Waals surface area contributed by atoms with E-state index >= 15 is 0 Å². The second-order valence-corrected chi connectivity index (χ2v) is 9.93. The van der Waals surface area contributed by atoms with Crippen molar-refractivity contribution in [1.29, 1.82) is 0 Å². The number of carbonyl (C=O) groups excluding carboxylic acids is 1. The molecule has 6 rings (SSSR count). The fourth-order valence-corrected chi connectivity index (χ4v) is 5.19. The summed E-state index contributed by atoms with van der Waals surface area (Å²) in [6.45, 7) is 1.25. The van der Waals surface area contributed by atoms with Gasteiger partial charge >= 0.3 is 0 Å². The number of fused-ring (bicyclic) bond motifs is 1. The maximum absolute atomic E-state index is 14.2. The minimum Gasteiger partial charge on any atom is -0.345 e. The van der Waals surface area contributed by atoms with Crippen LogP contribution in [0, 0.1) is 11.6 Å². The second kappa shape index (κ2) is 10.3. The van der Waals surface area contributed by atoms with Crippen molar-refractivity contribution in [1.82, 2.24) is 20.6 Å². The average molecular weight is 521 g/mol. The number of nitrogens with one attached hydrogen (secondary N) is 2. The molecule has 1 fully saturated rings. The van der Waals surface area contributed by atoms with Crippen LogP contribution in [0.5, 0.6) is 0 Å². The van der Waals surface area contributed by atoms with Crippen molar-refractivity contribution >= 4 is 16.9 Å². The fourth-order valence-electron chi connectivity index (χ4n) is 5.19. The Morgan fingerprint density at radius 3 is 2.10 bits per heavy atom. The van der Waals surface area contributed by atoms with Gasteiger partial charge in [-0.2, -0.15) is 0 Å². The summed E-state index contributed by atoms with van der Waals surface area (Å²) < 4.78 is 27.9. The van der Waals surface area contributed by atoms with E-state index in [1.165, 1.54) is 0 Å². The summed E-state index contributed by atoms with van der Waals surface area (Å²) in [6, 6.07) is 28.8. The summed E-state index contributed by atoms with van der Waals surface area (Å²) >= 11 is 0. The highest BCUT2D eigenvalue weighted by Gasteiger charge is 2.36. The molecule has 1 aliphatic heterocycles. The number of amides is 1. The van der Waals surface area contributed by atoms with Gasteiger partial charge in [0.1, 0.15) is 11.6 Å². The molecule has 1 saturated heterocycles. The van der Waals surface area contributed by atoms with E-state index in [4.69, 9.17) is 9.97 Å². The van der Waals surface area contributed by atoms with Crippen LogP contribution in [0.3, 0.4) is 0 Å². The first-order valence-electron chi connectivity index (χ1n) is 12.9. The van der Waals surface area contributed by atoms with Crippen LogP contribution in [0.1, 0.15) is 22.3 Å². The van der Waals surface area contributed by atoms with Gasteiger partial charge < -0.3 is 10.6 Å². The maximum Gasteiger partial charge on any atom is 0.254 e. The predicted octanol–water partition coefficient (Wildman–Crippen LogP) is 5.95. The van der Waals surface area contributed by atoms with Gasteiger partial charge in [0.15, 0.2) is 0 Å². The Kier molecular flexibility index (Phi) is 6.59. The lowest BCUT2D eigenvalue weighted by molar-refractivity contribution is 0.0900. The molecule has 0 saturated carbocycles. The Morgan fingerprint density at radius 2 is 1.46 bits per heavy atom. The summed E-state index contributed by atoms with van der Waals surface area (Å²) in [5.41, 5.74) is 5.27. The number of halogens is 2. The molecule has 0 radical (unpaired) electrons. The summed E-state index contributed by atoms with van der Waals surface area (Å²) in [5, 5.41) is 6.29. The summed E-state index contributed by atoms with van der Waals surface area (Å²) in [4.78, 5) is 22.8. The molecule has 1 aromatic heterocycles.